The van der Waals surface area contributed by atoms with Crippen LogP contribution in [0.4, 0.5) is 5.69 Å². The first-order chi connectivity index (χ1) is 14.6. The number of para-hydroxylation sites is 1. The van der Waals surface area contributed by atoms with E-state index in [2.05, 4.69) is 4.72 Å². The Hall–Kier alpha value is -2.45. The van der Waals surface area contributed by atoms with Gasteiger partial charge in [0.1, 0.15) is 5.75 Å². The van der Waals surface area contributed by atoms with Crippen LogP contribution >= 0.6 is 34.8 Å². The second kappa shape index (κ2) is 9.36. The number of nitrogens with one attached hydrogen (secondary N) is 1. The Balaban J connectivity index is 1.86. The summed E-state index contributed by atoms with van der Waals surface area (Å²) in [6, 6.07) is 14.8. The number of halogens is 3. The van der Waals surface area contributed by atoms with Gasteiger partial charge in [0, 0.05) is 13.6 Å². The number of aromatic hydroxyl groups is 1. The fraction of sp³-hybridized carbons (Fsp3) is 0.0952. The molecule has 0 unspecified atom stereocenters. The molecule has 0 aliphatic rings. The molecule has 0 radical (unpaired) electrons. The Morgan fingerprint density at radius 2 is 1.68 bits per heavy atom. The van der Waals surface area contributed by atoms with Crippen LogP contribution in [-0.4, -0.2) is 31.4 Å². The molecule has 10 heteroatoms. The van der Waals surface area contributed by atoms with Crippen molar-refractivity contribution < 1.29 is 18.3 Å². The zero-order chi connectivity index (χ0) is 22.8. The maximum absolute atomic E-state index is 12.9. The molecule has 0 aromatic heterocycles. The van der Waals surface area contributed by atoms with Crippen molar-refractivity contribution in [2.75, 3.05) is 11.8 Å². The number of hydrogen-bond donors (Lipinski definition) is 2. The molecule has 3 rings (SSSR count). The lowest BCUT2D eigenvalue weighted by atomic mass is 10.1. The summed E-state index contributed by atoms with van der Waals surface area (Å²) in [5, 5.41) is 11.1. The van der Waals surface area contributed by atoms with Crippen LogP contribution in [0.3, 0.4) is 0 Å². The molecule has 1 amide bonds. The Bertz CT molecular complexity index is 1250. The minimum Gasteiger partial charge on any atom is -0.507 e. The second-order valence-electron chi connectivity index (χ2n) is 6.67. The van der Waals surface area contributed by atoms with E-state index in [4.69, 9.17) is 34.8 Å². The van der Waals surface area contributed by atoms with Gasteiger partial charge in [0.15, 0.2) is 0 Å². The topological polar surface area (TPSA) is 86.7 Å². The lowest BCUT2D eigenvalue weighted by Gasteiger charge is -2.19. The van der Waals surface area contributed by atoms with E-state index < -0.39 is 15.9 Å². The van der Waals surface area contributed by atoms with E-state index in [1.54, 1.807) is 36.4 Å². The lowest BCUT2D eigenvalue weighted by Crippen LogP contribution is -2.26. The van der Waals surface area contributed by atoms with Crippen LogP contribution < -0.4 is 4.72 Å². The van der Waals surface area contributed by atoms with Crippen molar-refractivity contribution in [3.8, 4) is 5.75 Å². The summed E-state index contributed by atoms with van der Waals surface area (Å²) in [5.74, 6) is -0.916. The number of amides is 1. The third kappa shape index (κ3) is 5.43. The van der Waals surface area contributed by atoms with Crippen LogP contribution in [0.25, 0.3) is 0 Å². The van der Waals surface area contributed by atoms with Crippen molar-refractivity contribution in [2.45, 2.75) is 11.4 Å². The third-order valence-corrected chi connectivity index (χ3v) is 6.81. The van der Waals surface area contributed by atoms with Gasteiger partial charge < -0.3 is 10.0 Å². The number of rotatable bonds is 6. The molecule has 0 saturated heterocycles. The zero-order valence-corrected chi connectivity index (χ0v) is 19.2. The van der Waals surface area contributed by atoms with Crippen molar-refractivity contribution >= 4 is 56.4 Å². The van der Waals surface area contributed by atoms with E-state index >= 15 is 0 Å². The highest BCUT2D eigenvalue weighted by Gasteiger charge is 2.22. The average Bonchev–Trinajstić information content (AvgIpc) is 2.72. The molecular formula is C21H17Cl3N2O4S. The molecule has 0 bridgehead atoms. The number of phenols is 1. The third-order valence-electron chi connectivity index (χ3n) is 4.38. The van der Waals surface area contributed by atoms with Crippen LogP contribution in [0, 0.1) is 0 Å². The predicted molar refractivity (Wildman–Crippen MR) is 123 cm³/mol. The summed E-state index contributed by atoms with van der Waals surface area (Å²) >= 11 is 17.9. The molecule has 0 aliphatic heterocycles. The van der Waals surface area contributed by atoms with E-state index in [9.17, 15) is 18.3 Å². The molecule has 0 saturated carbocycles. The van der Waals surface area contributed by atoms with Gasteiger partial charge in [-0.3, -0.25) is 9.52 Å². The summed E-state index contributed by atoms with van der Waals surface area (Å²) in [5.41, 5.74) is 0.750. The van der Waals surface area contributed by atoms with Gasteiger partial charge in [-0.15, -0.1) is 0 Å². The largest absolute Gasteiger partial charge is 0.507 e. The minimum atomic E-state index is -4.05. The van der Waals surface area contributed by atoms with Crippen molar-refractivity contribution in [1.82, 2.24) is 4.90 Å². The molecule has 162 valence electrons. The van der Waals surface area contributed by atoms with E-state index in [0.29, 0.717) is 15.6 Å². The molecule has 2 N–H and O–H groups in total. The van der Waals surface area contributed by atoms with E-state index in [-0.39, 0.29) is 33.5 Å². The van der Waals surface area contributed by atoms with E-state index in [1.165, 1.54) is 24.1 Å². The standard InChI is InChI=1S/C21H17Cl3N2O4S/c1-26(12-13-6-8-16(22)18(24)10-13)21(28)15-11-14(7-9-20(15)27)31(29,30)25-19-5-3-2-4-17(19)23/h2-11,25,27H,12H2,1H3. The highest BCUT2D eigenvalue weighted by atomic mass is 35.5. The van der Waals surface area contributed by atoms with Gasteiger partial charge in [0.25, 0.3) is 15.9 Å². The van der Waals surface area contributed by atoms with E-state index in [0.717, 1.165) is 12.1 Å². The fourth-order valence-corrected chi connectivity index (χ4v) is 4.46. The Morgan fingerprint density at radius 3 is 2.35 bits per heavy atom. The second-order valence-corrected chi connectivity index (χ2v) is 9.58. The zero-order valence-electron chi connectivity index (χ0n) is 16.1. The number of nitrogens with zero attached hydrogens (tertiary/aromatic N) is 1. The fourth-order valence-electron chi connectivity index (χ4n) is 2.79. The molecule has 0 spiro atoms. The van der Waals surface area contributed by atoms with Gasteiger partial charge in [-0.05, 0) is 48.0 Å². The van der Waals surface area contributed by atoms with Gasteiger partial charge in [-0.2, -0.15) is 0 Å². The minimum absolute atomic E-state index is 0.162. The summed E-state index contributed by atoms with van der Waals surface area (Å²) in [6.07, 6.45) is 0. The van der Waals surface area contributed by atoms with Gasteiger partial charge >= 0.3 is 0 Å². The highest BCUT2D eigenvalue weighted by molar-refractivity contribution is 7.92. The summed E-state index contributed by atoms with van der Waals surface area (Å²) in [6.45, 7) is 0.171. The van der Waals surface area contributed by atoms with Crippen molar-refractivity contribution in [2.24, 2.45) is 0 Å². The van der Waals surface area contributed by atoms with Crippen LogP contribution in [0.2, 0.25) is 15.1 Å². The van der Waals surface area contributed by atoms with Gasteiger partial charge in [-0.1, -0.05) is 53.0 Å². The molecule has 0 aliphatic carbocycles. The first kappa shape index (κ1) is 23.2. The average molecular weight is 500 g/mol. The number of benzene rings is 3. The summed E-state index contributed by atoms with van der Waals surface area (Å²) in [4.78, 5) is 14.0. The quantitative estimate of drug-likeness (QED) is 0.474. The molecule has 31 heavy (non-hydrogen) atoms. The lowest BCUT2D eigenvalue weighted by molar-refractivity contribution is 0.0782. The molecule has 0 heterocycles. The Morgan fingerprint density at radius 1 is 0.968 bits per heavy atom. The number of hydrogen-bond acceptors (Lipinski definition) is 4. The molecule has 0 atom stereocenters. The maximum Gasteiger partial charge on any atom is 0.261 e. The number of anilines is 1. The van der Waals surface area contributed by atoms with Gasteiger partial charge in [0.2, 0.25) is 0 Å². The van der Waals surface area contributed by atoms with Crippen LogP contribution in [-0.2, 0) is 16.6 Å². The first-order valence-electron chi connectivity index (χ1n) is 8.88. The van der Waals surface area contributed by atoms with Crippen molar-refractivity contribution in [3.05, 3.63) is 86.9 Å². The number of sulfonamides is 1. The molecule has 3 aromatic carbocycles. The van der Waals surface area contributed by atoms with Gasteiger partial charge in [0.05, 0.1) is 31.2 Å². The molecular weight excluding hydrogens is 483 g/mol. The van der Waals surface area contributed by atoms with Crippen molar-refractivity contribution in [3.63, 3.8) is 0 Å². The van der Waals surface area contributed by atoms with Crippen LogP contribution in [0.1, 0.15) is 15.9 Å². The normalized spacial score (nSPS) is 11.2. The van der Waals surface area contributed by atoms with Crippen LogP contribution in [0.5, 0.6) is 5.75 Å². The Labute approximate surface area is 195 Å². The number of phenolic OH excluding ortho intramolecular Hbond substituents is 1. The summed E-state index contributed by atoms with van der Waals surface area (Å²) in [7, 11) is -2.53. The summed E-state index contributed by atoms with van der Waals surface area (Å²) < 4.78 is 27.9. The van der Waals surface area contributed by atoms with Crippen molar-refractivity contribution in [1.29, 1.82) is 0 Å². The number of carbonyl (C=O) groups excluding carboxylic acids is 1. The number of carbonyl (C=O) groups is 1. The molecule has 6 nitrogen and oxygen atoms in total. The van der Waals surface area contributed by atoms with E-state index in [1.807, 2.05) is 0 Å². The molecule has 0 fully saturated rings. The van der Waals surface area contributed by atoms with Crippen LogP contribution in [0.15, 0.2) is 65.6 Å². The molecule has 3 aromatic rings. The first-order valence-corrected chi connectivity index (χ1v) is 11.5. The monoisotopic (exact) mass is 498 g/mol. The highest BCUT2D eigenvalue weighted by Crippen LogP contribution is 2.28. The maximum atomic E-state index is 12.9. The predicted octanol–water partition coefficient (Wildman–Crippen LogP) is 5.43. The van der Waals surface area contributed by atoms with Gasteiger partial charge in [-0.25, -0.2) is 8.42 Å². The SMILES string of the molecule is CN(Cc1ccc(Cl)c(Cl)c1)C(=O)c1cc(S(=O)(=O)Nc2ccccc2Cl)ccc1O. The smallest absolute Gasteiger partial charge is 0.261 e. The Kier molecular flexibility index (Phi) is 7.01.